The van der Waals surface area contributed by atoms with Crippen molar-refractivity contribution in [2.24, 2.45) is 0 Å². The Labute approximate surface area is 346 Å². The van der Waals surface area contributed by atoms with E-state index in [1.165, 1.54) is 6.92 Å². The van der Waals surface area contributed by atoms with Crippen molar-refractivity contribution in [3.8, 4) is 0 Å². The van der Waals surface area contributed by atoms with Gasteiger partial charge in [-0.05, 0) is 6.92 Å². The maximum Gasteiger partial charge on any atom is 0.397 e. The molecule has 0 spiro atoms. The summed E-state index contributed by atoms with van der Waals surface area (Å²) in [5.41, 5.74) is 0. The van der Waals surface area contributed by atoms with Gasteiger partial charge in [-0.3, -0.25) is 14.1 Å². The van der Waals surface area contributed by atoms with Gasteiger partial charge in [0, 0.05) is 27.4 Å². The third-order valence-corrected chi connectivity index (χ3v) is 10.8. The number of aliphatic hydroxyl groups is 10. The van der Waals surface area contributed by atoms with Gasteiger partial charge in [-0.15, -0.1) is 0 Å². The average molecular weight is 915 g/mol. The highest BCUT2D eigenvalue weighted by Gasteiger charge is 2.61. The van der Waals surface area contributed by atoms with Crippen molar-refractivity contribution in [1.82, 2.24) is 10.6 Å². The van der Waals surface area contributed by atoms with Crippen LogP contribution in [0.1, 0.15) is 27.2 Å². The fourth-order valence-corrected chi connectivity index (χ4v) is 7.62. The Morgan fingerprint density at radius 3 is 1.90 bits per heavy atom. The molecular formula is C32H54N2O26S. The van der Waals surface area contributed by atoms with Crippen LogP contribution in [0.25, 0.3) is 0 Å². The third-order valence-electron chi connectivity index (χ3n) is 10.4. The molecule has 61 heavy (non-hydrogen) atoms. The third kappa shape index (κ3) is 11.8. The fourth-order valence-electron chi connectivity index (χ4n) is 7.32. The van der Waals surface area contributed by atoms with E-state index in [1.807, 2.05) is 0 Å². The minimum atomic E-state index is -5.25. The fraction of sp³-hybridized carbons (Fsp3) is 0.906. The number of hydrogen-bond acceptors (Lipinski definition) is 24. The maximum absolute atomic E-state index is 13.0. The molecule has 4 aliphatic rings. The molecule has 0 aromatic heterocycles. The lowest BCUT2D eigenvalue weighted by atomic mass is 9.88. The van der Waals surface area contributed by atoms with Crippen molar-refractivity contribution < 1.29 is 126 Å². The van der Waals surface area contributed by atoms with E-state index in [1.54, 1.807) is 0 Å². The van der Waals surface area contributed by atoms with E-state index < -0.39 is 183 Å². The number of hydrogen-bond donors (Lipinski definition) is 14. The summed E-state index contributed by atoms with van der Waals surface area (Å²) in [5.74, 6) is -6.85. The number of carboxylic acids is 1. The monoisotopic (exact) mass is 914 g/mol. The minimum Gasteiger partial charge on any atom is -0.477 e. The molecule has 14 N–H and O–H groups in total. The van der Waals surface area contributed by atoms with Crippen molar-refractivity contribution in [1.29, 1.82) is 0 Å². The number of methoxy groups -OCH3 is 1. The molecule has 4 heterocycles. The van der Waals surface area contributed by atoms with Crippen LogP contribution in [0.3, 0.4) is 0 Å². The van der Waals surface area contributed by atoms with Gasteiger partial charge in [0.15, 0.2) is 18.9 Å². The molecule has 21 atom stereocenters. The minimum absolute atomic E-state index is 0.778. The predicted octanol–water partition coefficient (Wildman–Crippen LogP) is -8.75. The second kappa shape index (κ2) is 21.0. The molecule has 29 heteroatoms. The van der Waals surface area contributed by atoms with Gasteiger partial charge >= 0.3 is 16.4 Å². The Morgan fingerprint density at radius 1 is 0.787 bits per heavy atom. The van der Waals surface area contributed by atoms with Gasteiger partial charge < -0.3 is 105 Å². The second-order valence-electron chi connectivity index (χ2n) is 14.8. The Hall–Kier alpha value is -2.44. The zero-order chi connectivity index (χ0) is 45.9. The Balaban J connectivity index is 1.78. The van der Waals surface area contributed by atoms with Crippen molar-refractivity contribution >= 4 is 28.2 Å². The van der Waals surface area contributed by atoms with Crippen LogP contribution in [0.15, 0.2) is 0 Å². The molecule has 28 nitrogen and oxygen atoms in total. The van der Waals surface area contributed by atoms with E-state index in [0.29, 0.717) is 0 Å². The molecular weight excluding hydrogens is 860 g/mol. The molecule has 4 rings (SSSR count). The first kappa shape index (κ1) is 51.2. The SMILES string of the molecule is COC1OC(COS(=O)(=O)O)C(OC2OC(CO)C(O)C(OC3(C(=O)O)CC(O)C(NC(C)=O)C([C@@H](O)[C@@H](O)CO)O3)C2O)C(OC2OC(C)C(O)C(O)C2O)C1NC(C)=O. The molecule has 0 bridgehead atoms. The molecule has 0 aromatic carbocycles. The summed E-state index contributed by atoms with van der Waals surface area (Å²) in [6, 6.07) is -3.20. The van der Waals surface area contributed by atoms with Gasteiger partial charge in [-0.2, -0.15) is 8.42 Å². The number of carbonyl (C=O) groups is 3. The van der Waals surface area contributed by atoms with E-state index in [0.717, 1.165) is 21.0 Å². The number of amides is 2. The van der Waals surface area contributed by atoms with Gasteiger partial charge in [-0.25, -0.2) is 8.98 Å². The normalized spacial score (nSPS) is 43.2. The molecule has 19 unspecified atom stereocenters. The van der Waals surface area contributed by atoms with Crippen molar-refractivity contribution in [3.63, 3.8) is 0 Å². The molecule has 0 aromatic rings. The number of rotatable bonds is 17. The van der Waals surface area contributed by atoms with E-state index in [-0.39, 0.29) is 0 Å². The summed E-state index contributed by atoms with van der Waals surface area (Å²) in [4.78, 5) is 37.4. The van der Waals surface area contributed by atoms with Crippen molar-refractivity contribution in [2.75, 3.05) is 26.9 Å². The lowest BCUT2D eigenvalue weighted by Gasteiger charge is -2.51. The molecule has 0 aliphatic carbocycles. The average Bonchev–Trinajstić information content (AvgIpc) is 3.18. The van der Waals surface area contributed by atoms with E-state index in [2.05, 4.69) is 14.8 Å². The number of nitrogens with one attached hydrogen (secondary N) is 2. The predicted molar refractivity (Wildman–Crippen MR) is 188 cm³/mol. The number of aliphatic hydroxyl groups excluding tert-OH is 10. The first-order chi connectivity index (χ1) is 28.4. The molecule has 4 aliphatic heterocycles. The van der Waals surface area contributed by atoms with Crippen LogP contribution in [0.5, 0.6) is 0 Å². The molecule has 4 fully saturated rings. The van der Waals surface area contributed by atoms with Crippen LogP contribution < -0.4 is 10.6 Å². The van der Waals surface area contributed by atoms with E-state index >= 15 is 0 Å². The second-order valence-corrected chi connectivity index (χ2v) is 15.9. The summed E-state index contributed by atoms with van der Waals surface area (Å²) >= 11 is 0. The first-order valence-corrected chi connectivity index (χ1v) is 20.0. The number of ether oxygens (including phenoxy) is 8. The summed E-state index contributed by atoms with van der Waals surface area (Å²) in [5, 5.41) is 122. The summed E-state index contributed by atoms with van der Waals surface area (Å²) in [6.07, 6.45) is -36.4. The summed E-state index contributed by atoms with van der Waals surface area (Å²) in [7, 11) is -4.18. The molecule has 4 saturated heterocycles. The topological polar surface area (TPSA) is 435 Å². The van der Waals surface area contributed by atoms with E-state index in [4.69, 9.17) is 37.9 Å². The van der Waals surface area contributed by atoms with Crippen molar-refractivity contribution in [3.05, 3.63) is 0 Å². The van der Waals surface area contributed by atoms with Crippen LogP contribution in [0.4, 0.5) is 0 Å². The first-order valence-electron chi connectivity index (χ1n) is 18.6. The summed E-state index contributed by atoms with van der Waals surface area (Å²) in [6.45, 7) is -0.0711. The zero-order valence-electron chi connectivity index (χ0n) is 32.9. The highest BCUT2D eigenvalue weighted by atomic mass is 32.3. The standard InChI is InChI=1S/C32H54N2O26S/c1-9-18(41)21(44)22(45)29(54-9)58-26-17(34-11(3)38)28(52-4)56-15(8-53-61(49,50)51)24(26)57-30-23(46)27(20(43)14(7-36)55-30)60-32(31(47)48)5-12(39)16(33-10(2)37)25(59-32)19(42)13(40)6-35/h9,12-30,35-36,39-46H,5-8H2,1-4H3,(H,33,37)(H,34,38)(H,47,48)(H,49,50,51)/t9?,12?,13-,14?,15?,16?,17?,18?,19-,20?,21?,22?,23?,24?,25?,26?,27?,28?,29?,30?,32?/m0/s1. The molecule has 354 valence electrons. The Kier molecular flexibility index (Phi) is 17.7. The lowest BCUT2D eigenvalue weighted by Crippen LogP contribution is -2.71. The maximum atomic E-state index is 13.0. The lowest BCUT2D eigenvalue weighted by molar-refractivity contribution is -0.390. The smallest absolute Gasteiger partial charge is 0.397 e. The van der Waals surface area contributed by atoms with Crippen LogP contribution in [-0.4, -0.2) is 242 Å². The summed E-state index contributed by atoms with van der Waals surface area (Å²) < 4.78 is 83.0. The Morgan fingerprint density at radius 2 is 1.36 bits per heavy atom. The zero-order valence-corrected chi connectivity index (χ0v) is 33.7. The van der Waals surface area contributed by atoms with Crippen LogP contribution in [0.2, 0.25) is 0 Å². The number of carboxylic acid groups (broad SMARTS) is 1. The van der Waals surface area contributed by atoms with Gasteiger partial charge in [0.05, 0.1) is 38.1 Å². The Bertz CT molecular complexity index is 1600. The number of carbonyl (C=O) groups excluding carboxylic acids is 2. The van der Waals surface area contributed by atoms with Crippen LogP contribution >= 0.6 is 0 Å². The molecule has 0 radical (unpaired) electrons. The van der Waals surface area contributed by atoms with Gasteiger partial charge in [0.25, 0.3) is 5.79 Å². The molecule has 2 amide bonds. The van der Waals surface area contributed by atoms with Crippen molar-refractivity contribution in [2.45, 2.75) is 155 Å². The van der Waals surface area contributed by atoms with Gasteiger partial charge in [-0.1, -0.05) is 0 Å². The quantitative estimate of drug-likeness (QED) is 0.0603. The highest BCUT2D eigenvalue weighted by molar-refractivity contribution is 7.80. The highest BCUT2D eigenvalue weighted by Crippen LogP contribution is 2.39. The van der Waals surface area contributed by atoms with Crippen LogP contribution in [-0.2, 0) is 66.9 Å². The van der Waals surface area contributed by atoms with Gasteiger partial charge in [0.2, 0.25) is 11.8 Å². The molecule has 0 saturated carbocycles. The van der Waals surface area contributed by atoms with E-state index in [9.17, 15) is 83.5 Å². The van der Waals surface area contributed by atoms with Gasteiger partial charge in [0.1, 0.15) is 85.4 Å². The largest absolute Gasteiger partial charge is 0.477 e. The number of aliphatic carboxylic acids is 1. The van der Waals surface area contributed by atoms with Crippen LogP contribution in [0, 0.1) is 0 Å².